The van der Waals surface area contributed by atoms with E-state index in [1.54, 1.807) is 12.1 Å². The van der Waals surface area contributed by atoms with E-state index in [1.165, 1.54) is 0 Å². The number of fused-ring (bicyclic) bond motifs is 1. The summed E-state index contributed by atoms with van der Waals surface area (Å²) in [5.41, 5.74) is 1.28. The van der Waals surface area contributed by atoms with Gasteiger partial charge in [0.05, 0.1) is 0 Å². The Kier molecular flexibility index (Phi) is 14.5. The minimum absolute atomic E-state index is 0.0253. The molecule has 4 N–H and O–H groups in total. The van der Waals surface area contributed by atoms with Crippen LogP contribution in [0.25, 0.3) is 11.1 Å². The number of nitrogens with zero attached hydrogens (tertiary/aromatic N) is 1. The quantitative estimate of drug-likeness (QED) is 0.476. The Bertz CT molecular complexity index is 634. The lowest BCUT2D eigenvalue weighted by Crippen LogP contribution is -2.13. The molecule has 2 aromatic rings. The van der Waals surface area contributed by atoms with Gasteiger partial charge >= 0.3 is 0 Å². The summed E-state index contributed by atoms with van der Waals surface area (Å²) >= 11 is 9.29. The highest BCUT2D eigenvalue weighted by molar-refractivity contribution is 7.80. The Labute approximate surface area is 172 Å². The molecule has 0 amide bonds. The van der Waals surface area contributed by atoms with E-state index in [-0.39, 0.29) is 22.4 Å². The normalized spacial score (nSPS) is 11.0. The minimum Gasteiger partial charge on any atom is -0.502 e. The lowest BCUT2D eigenvalue weighted by atomic mass is 10.1. The van der Waals surface area contributed by atoms with E-state index in [2.05, 4.69) is 55.5 Å². The Morgan fingerprint density at radius 3 is 1.89 bits per heavy atom. The third-order valence-corrected chi connectivity index (χ3v) is 3.74. The molecule has 0 bridgehead atoms. The van der Waals surface area contributed by atoms with Crippen molar-refractivity contribution in [3.8, 4) is 0 Å². The number of hydrogen-bond donors (Lipinski definition) is 4. The molecule has 27 heavy (non-hydrogen) atoms. The molecule has 1 aromatic heterocycles. The molecule has 0 fully saturated rings. The fourth-order valence-electron chi connectivity index (χ4n) is 1.99. The molecule has 2 rings (SSSR count). The predicted octanol–water partition coefficient (Wildman–Crippen LogP) is 4.30. The zero-order valence-corrected chi connectivity index (χ0v) is 18.1. The van der Waals surface area contributed by atoms with E-state index in [0.717, 1.165) is 26.2 Å². The number of hydrogen-bond acceptors (Lipinski definition) is 6. The summed E-state index contributed by atoms with van der Waals surface area (Å²) < 4.78 is 5.46. The average Bonchev–Trinajstić information content (AvgIpc) is 3.05. The van der Waals surface area contributed by atoms with Crippen LogP contribution in [0.1, 0.15) is 45.9 Å². The highest BCUT2D eigenvalue weighted by atomic mass is 32.1. The lowest BCUT2D eigenvalue weighted by molar-refractivity contribution is 0.459. The minimum atomic E-state index is -0.685. The zero-order valence-electron chi connectivity index (χ0n) is 16.5. The van der Waals surface area contributed by atoms with Crippen molar-refractivity contribution in [3.63, 3.8) is 0 Å². The maximum absolute atomic E-state index is 9.40. The second-order valence-corrected chi connectivity index (χ2v) is 6.31. The Morgan fingerprint density at radius 1 is 1.00 bits per heavy atom. The van der Waals surface area contributed by atoms with E-state index < -0.39 is 5.92 Å². The molecule has 1 atom stereocenters. The van der Waals surface area contributed by atoms with Crippen LogP contribution in [0, 0.1) is 0 Å². The van der Waals surface area contributed by atoms with Crippen molar-refractivity contribution in [1.29, 1.82) is 0 Å². The summed E-state index contributed by atoms with van der Waals surface area (Å²) in [6.45, 7) is 12.8. The van der Waals surface area contributed by atoms with Gasteiger partial charge in [0.15, 0.2) is 15.7 Å². The van der Waals surface area contributed by atoms with Crippen molar-refractivity contribution in [1.82, 2.24) is 15.6 Å². The number of benzene rings is 1. The Morgan fingerprint density at radius 2 is 1.52 bits per heavy atom. The van der Waals surface area contributed by atoms with Crippen LogP contribution in [-0.4, -0.2) is 51.5 Å². The number of nitrogens with one attached hydrogen (secondary N) is 2. The van der Waals surface area contributed by atoms with Crippen molar-refractivity contribution in [2.24, 2.45) is 0 Å². The molecule has 0 saturated heterocycles. The smallest absolute Gasteiger partial charge is 0.207 e. The van der Waals surface area contributed by atoms with Crippen LogP contribution in [0.3, 0.4) is 0 Å². The van der Waals surface area contributed by atoms with E-state index in [4.69, 9.17) is 21.7 Å². The van der Waals surface area contributed by atoms with Gasteiger partial charge in [-0.3, -0.25) is 0 Å². The van der Waals surface area contributed by atoms with Gasteiger partial charge in [0.1, 0.15) is 11.4 Å². The maximum atomic E-state index is 9.40. The van der Waals surface area contributed by atoms with Gasteiger partial charge in [0.25, 0.3) is 0 Å². The standard InChI is InChI=1S/C11H9NO3S2.2C4H11N/c13-9(16)5-6(11(14)17)10-12-7-3-1-2-4-8(7)15-10;2*1-3-5-4-2/h1-4,6H,5H2,(H,13,16)(H,14,17);2*5H,3-4H2,1-2H3. The van der Waals surface area contributed by atoms with Gasteiger partial charge in [0.2, 0.25) is 5.89 Å². The average molecular weight is 414 g/mol. The summed E-state index contributed by atoms with van der Waals surface area (Å²) in [5.74, 6) is -0.426. The molecule has 1 heterocycles. The van der Waals surface area contributed by atoms with Crippen molar-refractivity contribution in [2.75, 3.05) is 26.2 Å². The number of aromatic nitrogens is 1. The molecule has 0 aliphatic carbocycles. The lowest BCUT2D eigenvalue weighted by Gasteiger charge is -2.07. The van der Waals surface area contributed by atoms with E-state index in [1.807, 2.05) is 12.1 Å². The first kappa shape index (κ1) is 25.4. The summed E-state index contributed by atoms with van der Waals surface area (Å²) in [7, 11) is 0. The van der Waals surface area contributed by atoms with E-state index >= 15 is 0 Å². The third kappa shape index (κ3) is 11.0. The SMILES string of the molecule is CCNCC.CCNCC.OC(=S)CC(C(O)=S)c1nc2ccccc2o1. The number of aliphatic hydroxyl groups excluding tert-OH is 2. The van der Waals surface area contributed by atoms with Gasteiger partial charge in [-0.15, -0.1) is 0 Å². The molecule has 1 aromatic carbocycles. The molecule has 0 saturated carbocycles. The second-order valence-electron chi connectivity index (χ2n) is 5.42. The predicted molar refractivity (Wildman–Crippen MR) is 120 cm³/mol. The number of rotatable bonds is 8. The van der Waals surface area contributed by atoms with Crippen LogP contribution >= 0.6 is 24.4 Å². The van der Waals surface area contributed by atoms with Gasteiger partial charge in [-0.05, 0) is 62.7 Å². The van der Waals surface area contributed by atoms with Crippen molar-refractivity contribution in [3.05, 3.63) is 30.2 Å². The van der Waals surface area contributed by atoms with Crippen LogP contribution < -0.4 is 10.6 Å². The van der Waals surface area contributed by atoms with Gasteiger partial charge in [-0.25, -0.2) is 4.98 Å². The molecule has 6 nitrogen and oxygen atoms in total. The van der Waals surface area contributed by atoms with Crippen LogP contribution in [0.2, 0.25) is 0 Å². The number of thiocarbonyl (C=S) groups is 2. The molecule has 1 unspecified atom stereocenters. The fraction of sp³-hybridized carbons (Fsp3) is 0.526. The van der Waals surface area contributed by atoms with E-state index in [0.29, 0.717) is 11.1 Å². The van der Waals surface area contributed by atoms with Gasteiger partial charge in [-0.1, -0.05) is 39.8 Å². The van der Waals surface area contributed by atoms with Crippen molar-refractivity contribution < 1.29 is 14.6 Å². The maximum Gasteiger partial charge on any atom is 0.207 e. The van der Waals surface area contributed by atoms with Crippen LogP contribution in [0.5, 0.6) is 0 Å². The molecule has 0 radical (unpaired) electrons. The van der Waals surface area contributed by atoms with Crippen LogP contribution in [-0.2, 0) is 0 Å². The van der Waals surface area contributed by atoms with Gasteiger partial charge in [-0.2, -0.15) is 0 Å². The highest BCUT2D eigenvalue weighted by Crippen LogP contribution is 2.25. The number of aliphatic hydroxyl groups is 2. The zero-order chi connectivity index (χ0) is 20.7. The highest BCUT2D eigenvalue weighted by Gasteiger charge is 2.24. The van der Waals surface area contributed by atoms with Crippen LogP contribution in [0.15, 0.2) is 28.7 Å². The summed E-state index contributed by atoms with van der Waals surface area (Å²) in [6.07, 6.45) is 0.0253. The summed E-state index contributed by atoms with van der Waals surface area (Å²) in [5, 5.41) is 24.2. The second kappa shape index (κ2) is 15.4. The first-order valence-corrected chi connectivity index (χ1v) is 9.94. The molecule has 8 heteroatoms. The first-order chi connectivity index (χ1) is 12.9. The van der Waals surface area contributed by atoms with Crippen molar-refractivity contribution in [2.45, 2.75) is 40.0 Å². The Hall–Kier alpha value is -1.61. The molecular formula is C19H31N3O3S2. The topological polar surface area (TPSA) is 90.5 Å². The molecular weight excluding hydrogens is 382 g/mol. The number of para-hydroxylation sites is 2. The molecule has 0 spiro atoms. The largest absolute Gasteiger partial charge is 0.502 e. The van der Waals surface area contributed by atoms with E-state index in [9.17, 15) is 5.11 Å². The molecule has 0 aliphatic rings. The monoisotopic (exact) mass is 413 g/mol. The number of oxazole rings is 1. The van der Waals surface area contributed by atoms with Gasteiger partial charge < -0.3 is 25.3 Å². The fourth-order valence-corrected chi connectivity index (χ4v) is 2.34. The van der Waals surface area contributed by atoms with Crippen LogP contribution in [0.4, 0.5) is 0 Å². The first-order valence-electron chi connectivity index (χ1n) is 9.12. The van der Waals surface area contributed by atoms with Crippen molar-refractivity contribution >= 4 is 45.6 Å². The molecule has 152 valence electrons. The van der Waals surface area contributed by atoms with Gasteiger partial charge in [0, 0.05) is 6.42 Å². The molecule has 0 aliphatic heterocycles. The third-order valence-electron chi connectivity index (χ3n) is 3.29. The summed E-state index contributed by atoms with van der Waals surface area (Å²) in [4.78, 5) is 4.20. The summed E-state index contributed by atoms with van der Waals surface area (Å²) in [6, 6.07) is 7.20. The Balaban J connectivity index is 0.000000563.